The molecule has 4 heteroatoms. The summed E-state index contributed by atoms with van der Waals surface area (Å²) in [7, 11) is 0. The summed E-state index contributed by atoms with van der Waals surface area (Å²) in [5.41, 5.74) is 0. The second-order valence-electron chi connectivity index (χ2n) is 7.27. The minimum atomic E-state index is 0.179. The van der Waals surface area contributed by atoms with E-state index in [0.717, 1.165) is 58.5 Å². The molecule has 1 N–H and O–H groups in total. The van der Waals surface area contributed by atoms with E-state index >= 15 is 0 Å². The number of nitrogens with zero attached hydrogens (tertiary/aromatic N) is 1. The van der Waals surface area contributed by atoms with Crippen molar-refractivity contribution < 1.29 is 9.53 Å². The summed E-state index contributed by atoms with van der Waals surface area (Å²) in [6.45, 7) is 6.82. The van der Waals surface area contributed by atoms with Crippen molar-refractivity contribution in [3.05, 3.63) is 0 Å². The molecule has 1 amide bonds. The summed E-state index contributed by atoms with van der Waals surface area (Å²) in [5.74, 6) is 0.436. The summed E-state index contributed by atoms with van der Waals surface area (Å²) < 4.78 is 6.10. The Hall–Kier alpha value is -0.610. The van der Waals surface area contributed by atoms with Crippen LogP contribution in [0, 0.1) is 5.92 Å². The van der Waals surface area contributed by atoms with Gasteiger partial charge in [-0.25, -0.2) is 0 Å². The molecule has 0 aromatic carbocycles. The SMILES string of the molecule is CCCCNC(=O)C1CCCN(CCOC2CCCCCC2)C1. The average Bonchev–Trinajstić information content (AvgIpc) is 2.84. The number of hydrogen-bond donors (Lipinski definition) is 1. The van der Waals surface area contributed by atoms with Crippen LogP contribution < -0.4 is 5.32 Å². The predicted molar refractivity (Wildman–Crippen MR) is 94.5 cm³/mol. The Morgan fingerprint density at radius 3 is 2.65 bits per heavy atom. The van der Waals surface area contributed by atoms with Crippen molar-refractivity contribution in [3.63, 3.8) is 0 Å². The van der Waals surface area contributed by atoms with E-state index in [4.69, 9.17) is 4.74 Å². The van der Waals surface area contributed by atoms with Crippen molar-refractivity contribution in [1.29, 1.82) is 0 Å². The van der Waals surface area contributed by atoms with Gasteiger partial charge in [-0.15, -0.1) is 0 Å². The Morgan fingerprint density at radius 2 is 1.91 bits per heavy atom. The third kappa shape index (κ3) is 7.21. The molecule has 1 heterocycles. The van der Waals surface area contributed by atoms with Crippen molar-refractivity contribution in [2.24, 2.45) is 5.92 Å². The molecular formula is C19H36N2O2. The summed E-state index contributed by atoms with van der Waals surface area (Å²) in [5, 5.41) is 3.09. The lowest BCUT2D eigenvalue weighted by Gasteiger charge is -2.32. The standard InChI is InChI=1S/C19H36N2O2/c1-2-3-12-20-19(22)17-9-8-13-21(16-17)14-15-23-18-10-6-4-5-7-11-18/h17-18H,2-16H2,1H3,(H,20,22). The maximum atomic E-state index is 12.2. The Balaban J connectivity index is 1.62. The molecule has 0 bridgehead atoms. The quantitative estimate of drug-likeness (QED) is 0.550. The van der Waals surface area contributed by atoms with E-state index in [2.05, 4.69) is 17.1 Å². The van der Waals surface area contributed by atoms with Gasteiger partial charge in [0.05, 0.1) is 18.6 Å². The number of unbranched alkanes of at least 4 members (excludes halogenated alkanes) is 1. The highest BCUT2D eigenvalue weighted by Crippen LogP contribution is 2.20. The molecule has 4 nitrogen and oxygen atoms in total. The lowest BCUT2D eigenvalue weighted by Crippen LogP contribution is -2.44. The van der Waals surface area contributed by atoms with Gasteiger partial charge in [0, 0.05) is 19.6 Å². The second kappa shape index (κ2) is 11.0. The van der Waals surface area contributed by atoms with Crippen molar-refractivity contribution in [2.45, 2.75) is 77.2 Å². The first-order valence-electron chi connectivity index (χ1n) is 9.91. The second-order valence-corrected chi connectivity index (χ2v) is 7.27. The highest BCUT2D eigenvalue weighted by Gasteiger charge is 2.25. The molecule has 1 aliphatic heterocycles. The molecule has 1 saturated heterocycles. The molecule has 2 rings (SSSR count). The molecule has 0 aromatic rings. The minimum absolute atomic E-state index is 0.179. The molecule has 0 spiro atoms. The van der Waals surface area contributed by atoms with Crippen LogP contribution in [0.15, 0.2) is 0 Å². The normalized spacial score (nSPS) is 24.3. The molecule has 1 atom stereocenters. The number of ether oxygens (including phenoxy) is 1. The van der Waals surface area contributed by atoms with E-state index in [9.17, 15) is 4.79 Å². The molecule has 134 valence electrons. The summed E-state index contributed by atoms with van der Waals surface area (Å²) in [4.78, 5) is 14.6. The average molecular weight is 325 g/mol. The van der Waals surface area contributed by atoms with Crippen LogP contribution in [-0.2, 0) is 9.53 Å². The first-order chi connectivity index (χ1) is 11.3. The van der Waals surface area contributed by atoms with Gasteiger partial charge in [0.1, 0.15) is 0 Å². The lowest BCUT2D eigenvalue weighted by atomic mass is 9.97. The van der Waals surface area contributed by atoms with Crippen LogP contribution >= 0.6 is 0 Å². The Bertz CT molecular complexity index is 327. The van der Waals surface area contributed by atoms with Crippen LogP contribution in [0.5, 0.6) is 0 Å². The number of carbonyl (C=O) groups excluding carboxylic acids is 1. The van der Waals surface area contributed by atoms with Crippen LogP contribution in [0.2, 0.25) is 0 Å². The zero-order valence-electron chi connectivity index (χ0n) is 15.0. The first kappa shape index (κ1) is 18.7. The fourth-order valence-corrected chi connectivity index (χ4v) is 3.76. The fraction of sp³-hybridized carbons (Fsp3) is 0.947. The largest absolute Gasteiger partial charge is 0.377 e. The van der Waals surface area contributed by atoms with Crippen molar-refractivity contribution in [3.8, 4) is 0 Å². The van der Waals surface area contributed by atoms with Gasteiger partial charge in [0.25, 0.3) is 0 Å². The van der Waals surface area contributed by atoms with Crippen LogP contribution in [0.1, 0.15) is 71.1 Å². The molecule has 1 saturated carbocycles. The minimum Gasteiger partial charge on any atom is -0.377 e. The highest BCUT2D eigenvalue weighted by molar-refractivity contribution is 5.78. The van der Waals surface area contributed by atoms with Crippen LogP contribution in [0.4, 0.5) is 0 Å². The lowest BCUT2D eigenvalue weighted by molar-refractivity contribution is -0.126. The predicted octanol–water partition coefficient (Wildman–Crippen LogP) is 3.35. The van der Waals surface area contributed by atoms with Crippen LogP contribution in [0.25, 0.3) is 0 Å². The zero-order chi connectivity index (χ0) is 16.3. The van der Waals surface area contributed by atoms with Gasteiger partial charge in [0.2, 0.25) is 5.91 Å². The topological polar surface area (TPSA) is 41.6 Å². The number of carbonyl (C=O) groups is 1. The molecule has 23 heavy (non-hydrogen) atoms. The number of rotatable bonds is 8. The number of likely N-dealkylation sites (tertiary alicyclic amines) is 1. The van der Waals surface area contributed by atoms with Gasteiger partial charge in [0.15, 0.2) is 0 Å². The third-order valence-electron chi connectivity index (χ3n) is 5.27. The van der Waals surface area contributed by atoms with Crippen molar-refractivity contribution in [1.82, 2.24) is 10.2 Å². The molecule has 2 aliphatic rings. The van der Waals surface area contributed by atoms with Crippen molar-refractivity contribution >= 4 is 5.91 Å². The van der Waals surface area contributed by atoms with E-state index in [1.165, 1.54) is 38.5 Å². The first-order valence-corrected chi connectivity index (χ1v) is 9.91. The molecule has 0 radical (unpaired) electrons. The molecular weight excluding hydrogens is 288 g/mol. The Kier molecular flexibility index (Phi) is 8.98. The smallest absolute Gasteiger partial charge is 0.224 e. The highest BCUT2D eigenvalue weighted by atomic mass is 16.5. The van der Waals surface area contributed by atoms with E-state index in [-0.39, 0.29) is 11.8 Å². The molecule has 1 aliphatic carbocycles. The number of nitrogens with one attached hydrogen (secondary N) is 1. The number of hydrogen-bond acceptors (Lipinski definition) is 3. The van der Waals surface area contributed by atoms with E-state index < -0.39 is 0 Å². The summed E-state index contributed by atoms with van der Waals surface area (Å²) in [6, 6.07) is 0. The van der Waals surface area contributed by atoms with Gasteiger partial charge in [-0.1, -0.05) is 39.0 Å². The van der Waals surface area contributed by atoms with Gasteiger partial charge in [-0.3, -0.25) is 4.79 Å². The van der Waals surface area contributed by atoms with E-state index in [1.807, 2.05) is 0 Å². The van der Waals surface area contributed by atoms with Gasteiger partial charge < -0.3 is 15.0 Å². The van der Waals surface area contributed by atoms with E-state index in [1.54, 1.807) is 0 Å². The maximum Gasteiger partial charge on any atom is 0.224 e. The Morgan fingerprint density at radius 1 is 1.13 bits per heavy atom. The zero-order valence-corrected chi connectivity index (χ0v) is 15.0. The monoisotopic (exact) mass is 324 g/mol. The molecule has 0 aromatic heterocycles. The molecule has 2 fully saturated rings. The van der Waals surface area contributed by atoms with Crippen LogP contribution in [0.3, 0.4) is 0 Å². The van der Waals surface area contributed by atoms with Crippen molar-refractivity contribution in [2.75, 3.05) is 32.8 Å². The van der Waals surface area contributed by atoms with Gasteiger partial charge >= 0.3 is 0 Å². The van der Waals surface area contributed by atoms with Crippen LogP contribution in [-0.4, -0.2) is 49.7 Å². The molecule has 1 unspecified atom stereocenters. The van der Waals surface area contributed by atoms with Gasteiger partial charge in [-0.2, -0.15) is 0 Å². The Labute approximate surface area is 142 Å². The number of amides is 1. The van der Waals surface area contributed by atoms with E-state index in [0.29, 0.717) is 6.10 Å². The fourth-order valence-electron chi connectivity index (χ4n) is 3.76. The maximum absolute atomic E-state index is 12.2. The summed E-state index contributed by atoms with van der Waals surface area (Å²) >= 11 is 0. The third-order valence-corrected chi connectivity index (χ3v) is 5.27. The van der Waals surface area contributed by atoms with Gasteiger partial charge in [-0.05, 0) is 38.6 Å². The number of piperidine rings is 1. The summed E-state index contributed by atoms with van der Waals surface area (Å²) in [6.07, 6.45) is 12.8.